The molecule has 0 spiro atoms. The van der Waals surface area contributed by atoms with Crippen LogP contribution in [0.3, 0.4) is 0 Å². The van der Waals surface area contributed by atoms with Crippen LogP contribution in [0.1, 0.15) is 22.4 Å². The molecule has 0 unspecified atom stereocenters. The Labute approximate surface area is 118 Å². The fourth-order valence-corrected chi connectivity index (χ4v) is 2.43. The lowest BCUT2D eigenvalue weighted by Gasteiger charge is -2.03. The van der Waals surface area contributed by atoms with Crippen LogP contribution in [0.2, 0.25) is 5.15 Å². The van der Waals surface area contributed by atoms with Crippen molar-refractivity contribution in [1.29, 1.82) is 0 Å². The first-order chi connectivity index (χ1) is 8.97. The first kappa shape index (κ1) is 13.8. The maximum Gasteiger partial charge on any atom is 0.141 e. The number of nitrogens with zero attached hydrogens (tertiary/aromatic N) is 2. The Kier molecular flexibility index (Phi) is 4.05. The molecule has 4 heteroatoms. The molecule has 1 aromatic heterocycles. The van der Waals surface area contributed by atoms with Gasteiger partial charge in [0.05, 0.1) is 5.69 Å². The Morgan fingerprint density at radius 2 is 2.05 bits per heavy atom. The Morgan fingerprint density at radius 3 is 2.63 bits per heavy atom. The third kappa shape index (κ3) is 3.24. The van der Waals surface area contributed by atoms with Gasteiger partial charge in [-0.05, 0) is 19.4 Å². The molecule has 0 saturated heterocycles. The fraction of sp³-hybridized carbons (Fsp3) is 0.333. The predicted molar refractivity (Wildman–Crippen MR) is 76.5 cm³/mol. The quantitative estimate of drug-likeness (QED) is 0.860. The minimum Gasteiger partial charge on any atom is -0.299 e. The number of benzene rings is 1. The fourth-order valence-electron chi connectivity index (χ4n) is 2.18. The van der Waals surface area contributed by atoms with Crippen molar-refractivity contribution in [2.24, 2.45) is 7.05 Å². The molecule has 0 aliphatic rings. The van der Waals surface area contributed by atoms with Gasteiger partial charge in [-0.25, -0.2) is 0 Å². The van der Waals surface area contributed by atoms with E-state index >= 15 is 0 Å². The molecule has 0 aliphatic carbocycles. The highest BCUT2D eigenvalue weighted by atomic mass is 35.5. The SMILES string of the molecule is Cc1cccc(CC(=O)Cc2c(C)nn(C)c2Cl)c1. The minimum absolute atomic E-state index is 0.156. The highest BCUT2D eigenvalue weighted by Crippen LogP contribution is 2.20. The van der Waals surface area contributed by atoms with Gasteiger partial charge >= 0.3 is 0 Å². The summed E-state index contributed by atoms with van der Waals surface area (Å²) in [5.74, 6) is 0.156. The lowest BCUT2D eigenvalue weighted by molar-refractivity contribution is -0.117. The van der Waals surface area contributed by atoms with Gasteiger partial charge in [-0.15, -0.1) is 0 Å². The molecule has 0 atom stereocenters. The van der Waals surface area contributed by atoms with Crippen molar-refractivity contribution < 1.29 is 4.79 Å². The van der Waals surface area contributed by atoms with E-state index in [0.717, 1.165) is 16.8 Å². The summed E-state index contributed by atoms with van der Waals surface area (Å²) < 4.78 is 1.60. The second kappa shape index (κ2) is 5.57. The first-order valence-corrected chi connectivity index (χ1v) is 6.60. The van der Waals surface area contributed by atoms with Gasteiger partial charge in [0.15, 0.2) is 0 Å². The summed E-state index contributed by atoms with van der Waals surface area (Å²) in [5, 5.41) is 4.77. The number of hydrogen-bond donors (Lipinski definition) is 0. The number of aromatic nitrogens is 2. The average molecular weight is 277 g/mol. The number of Topliss-reactive ketones (excluding diaryl/α,β-unsaturated/α-hetero) is 1. The van der Waals surface area contributed by atoms with Gasteiger partial charge in [0.1, 0.15) is 10.9 Å². The number of ketones is 1. The monoisotopic (exact) mass is 276 g/mol. The zero-order valence-corrected chi connectivity index (χ0v) is 12.2. The van der Waals surface area contributed by atoms with Crippen LogP contribution in [0.15, 0.2) is 24.3 Å². The van der Waals surface area contributed by atoms with Crippen LogP contribution in [0.25, 0.3) is 0 Å². The smallest absolute Gasteiger partial charge is 0.141 e. The lowest BCUT2D eigenvalue weighted by atomic mass is 10.0. The Morgan fingerprint density at radius 1 is 1.32 bits per heavy atom. The maximum atomic E-state index is 12.1. The number of halogens is 1. The summed E-state index contributed by atoms with van der Waals surface area (Å²) >= 11 is 6.13. The summed E-state index contributed by atoms with van der Waals surface area (Å²) in [6.07, 6.45) is 0.777. The number of rotatable bonds is 4. The van der Waals surface area contributed by atoms with Crippen molar-refractivity contribution in [3.63, 3.8) is 0 Å². The van der Waals surface area contributed by atoms with E-state index in [2.05, 4.69) is 5.10 Å². The van der Waals surface area contributed by atoms with E-state index in [1.165, 1.54) is 5.56 Å². The van der Waals surface area contributed by atoms with Crippen LogP contribution in [-0.2, 0) is 24.7 Å². The molecule has 0 bridgehead atoms. The molecule has 2 rings (SSSR count). The molecule has 1 aromatic carbocycles. The molecule has 0 N–H and O–H groups in total. The topological polar surface area (TPSA) is 34.9 Å². The van der Waals surface area contributed by atoms with E-state index in [-0.39, 0.29) is 5.78 Å². The summed E-state index contributed by atoms with van der Waals surface area (Å²) in [4.78, 5) is 12.1. The van der Waals surface area contributed by atoms with Crippen LogP contribution < -0.4 is 0 Å². The molecular weight excluding hydrogens is 260 g/mol. The Balaban J connectivity index is 2.09. The van der Waals surface area contributed by atoms with Crippen LogP contribution in [-0.4, -0.2) is 15.6 Å². The van der Waals surface area contributed by atoms with Gasteiger partial charge in [0, 0.05) is 25.5 Å². The summed E-state index contributed by atoms with van der Waals surface area (Å²) in [6, 6.07) is 8.01. The molecule has 0 amide bonds. The van der Waals surface area contributed by atoms with Crippen LogP contribution >= 0.6 is 11.6 Å². The molecule has 1 heterocycles. The van der Waals surface area contributed by atoms with Gasteiger partial charge in [0.25, 0.3) is 0 Å². The van der Waals surface area contributed by atoms with E-state index in [4.69, 9.17) is 11.6 Å². The number of carbonyl (C=O) groups excluding carboxylic acids is 1. The summed E-state index contributed by atoms with van der Waals surface area (Å²) in [7, 11) is 1.78. The van der Waals surface area contributed by atoms with E-state index < -0.39 is 0 Å². The molecule has 0 fully saturated rings. The van der Waals surface area contributed by atoms with Gasteiger partial charge in [-0.2, -0.15) is 5.10 Å². The number of aryl methyl sites for hydroxylation is 3. The molecule has 100 valence electrons. The second-order valence-corrected chi connectivity index (χ2v) is 5.22. The molecular formula is C15H17ClN2O. The van der Waals surface area contributed by atoms with Gasteiger partial charge < -0.3 is 0 Å². The van der Waals surface area contributed by atoms with Gasteiger partial charge in [0.2, 0.25) is 0 Å². The third-order valence-electron chi connectivity index (χ3n) is 3.13. The maximum absolute atomic E-state index is 12.1. The largest absolute Gasteiger partial charge is 0.299 e. The standard InChI is InChI=1S/C15H17ClN2O/c1-10-5-4-6-12(7-10)8-13(19)9-14-11(2)17-18(3)15(14)16/h4-7H,8-9H2,1-3H3. The Bertz CT molecular complexity index is 617. The Hall–Kier alpha value is -1.61. The number of hydrogen-bond acceptors (Lipinski definition) is 2. The van der Waals surface area contributed by atoms with E-state index in [1.54, 1.807) is 11.7 Å². The van der Waals surface area contributed by atoms with Crippen LogP contribution in [0.4, 0.5) is 0 Å². The average Bonchev–Trinajstić information content (AvgIpc) is 2.56. The third-order valence-corrected chi connectivity index (χ3v) is 3.60. The van der Waals surface area contributed by atoms with Crippen molar-refractivity contribution in [3.8, 4) is 0 Å². The van der Waals surface area contributed by atoms with Crippen LogP contribution in [0, 0.1) is 13.8 Å². The van der Waals surface area contributed by atoms with Crippen molar-refractivity contribution in [1.82, 2.24) is 9.78 Å². The lowest BCUT2D eigenvalue weighted by Crippen LogP contribution is -2.07. The number of carbonyl (C=O) groups is 1. The van der Waals surface area contributed by atoms with Crippen molar-refractivity contribution in [2.75, 3.05) is 0 Å². The van der Waals surface area contributed by atoms with Crippen molar-refractivity contribution >= 4 is 17.4 Å². The molecule has 0 aliphatic heterocycles. The van der Waals surface area contributed by atoms with E-state index in [0.29, 0.717) is 18.0 Å². The van der Waals surface area contributed by atoms with Crippen LogP contribution in [0.5, 0.6) is 0 Å². The highest BCUT2D eigenvalue weighted by molar-refractivity contribution is 6.30. The molecule has 0 saturated carbocycles. The molecule has 0 radical (unpaired) electrons. The summed E-state index contributed by atoms with van der Waals surface area (Å²) in [6.45, 7) is 3.90. The van der Waals surface area contributed by atoms with Crippen molar-refractivity contribution in [2.45, 2.75) is 26.7 Å². The first-order valence-electron chi connectivity index (χ1n) is 6.22. The van der Waals surface area contributed by atoms with E-state index in [9.17, 15) is 4.79 Å². The second-order valence-electron chi connectivity index (χ2n) is 4.86. The summed E-state index contributed by atoms with van der Waals surface area (Å²) in [5.41, 5.74) is 3.87. The van der Waals surface area contributed by atoms with E-state index in [1.807, 2.05) is 38.1 Å². The van der Waals surface area contributed by atoms with Crippen molar-refractivity contribution in [3.05, 3.63) is 51.8 Å². The normalized spacial score (nSPS) is 10.7. The zero-order chi connectivity index (χ0) is 14.0. The zero-order valence-electron chi connectivity index (χ0n) is 11.4. The van der Waals surface area contributed by atoms with Gasteiger partial charge in [-0.1, -0.05) is 41.4 Å². The predicted octanol–water partition coefficient (Wildman–Crippen LogP) is 3.04. The molecule has 2 aromatic rings. The molecule has 19 heavy (non-hydrogen) atoms. The van der Waals surface area contributed by atoms with Gasteiger partial charge in [-0.3, -0.25) is 9.48 Å². The molecule has 3 nitrogen and oxygen atoms in total. The highest BCUT2D eigenvalue weighted by Gasteiger charge is 2.15. The minimum atomic E-state index is 0.156.